The third-order valence-electron chi connectivity index (χ3n) is 3.67. The zero-order valence-electron chi connectivity index (χ0n) is 13.4. The van der Waals surface area contributed by atoms with E-state index in [2.05, 4.69) is 16.0 Å². The molecular weight excluding hydrogens is 306 g/mol. The largest absolute Gasteiger partial charge is 0.493 e. The summed E-state index contributed by atoms with van der Waals surface area (Å²) in [5.74, 6) is 0.652. The Kier molecular flexibility index (Phi) is 4.65. The third kappa shape index (κ3) is 3.65. The van der Waals surface area contributed by atoms with Crippen LogP contribution in [0.2, 0.25) is 0 Å². The van der Waals surface area contributed by atoms with Crippen LogP contribution in [-0.2, 0) is 6.42 Å². The molecule has 0 atom stereocenters. The Morgan fingerprint density at radius 3 is 2.67 bits per heavy atom. The van der Waals surface area contributed by atoms with Crippen LogP contribution in [0.3, 0.4) is 0 Å². The van der Waals surface area contributed by atoms with Crippen LogP contribution < -0.4 is 20.7 Å². The molecule has 2 aromatic carbocycles. The van der Waals surface area contributed by atoms with E-state index < -0.39 is 0 Å². The lowest BCUT2D eigenvalue weighted by Gasteiger charge is -2.10. The summed E-state index contributed by atoms with van der Waals surface area (Å²) >= 11 is 0. The zero-order chi connectivity index (χ0) is 16.9. The van der Waals surface area contributed by atoms with Crippen molar-refractivity contribution in [3.05, 3.63) is 53.6 Å². The minimum absolute atomic E-state index is 0.195. The van der Waals surface area contributed by atoms with Crippen LogP contribution in [0, 0.1) is 0 Å². The molecule has 2 aromatic rings. The fourth-order valence-electron chi connectivity index (χ4n) is 2.54. The predicted molar refractivity (Wildman–Crippen MR) is 92.7 cm³/mol. The van der Waals surface area contributed by atoms with E-state index in [-0.39, 0.29) is 11.9 Å². The van der Waals surface area contributed by atoms with Gasteiger partial charge in [-0.15, -0.1) is 0 Å². The van der Waals surface area contributed by atoms with Gasteiger partial charge in [-0.25, -0.2) is 4.79 Å². The molecule has 0 fully saturated rings. The van der Waals surface area contributed by atoms with Crippen molar-refractivity contribution in [1.29, 1.82) is 0 Å². The van der Waals surface area contributed by atoms with Gasteiger partial charge in [0.1, 0.15) is 5.75 Å². The van der Waals surface area contributed by atoms with Gasteiger partial charge in [0.25, 0.3) is 5.91 Å². The molecule has 6 heteroatoms. The summed E-state index contributed by atoms with van der Waals surface area (Å²) in [5.41, 5.74) is 2.86. The lowest BCUT2D eigenvalue weighted by atomic mass is 10.1. The van der Waals surface area contributed by atoms with E-state index in [1.807, 2.05) is 19.1 Å². The summed E-state index contributed by atoms with van der Waals surface area (Å²) in [5, 5.41) is 8.21. The Balaban J connectivity index is 1.69. The van der Waals surface area contributed by atoms with E-state index in [1.165, 1.54) is 0 Å². The minimum atomic E-state index is -0.278. The van der Waals surface area contributed by atoms with E-state index in [9.17, 15) is 9.59 Å². The zero-order valence-corrected chi connectivity index (χ0v) is 13.4. The maximum absolute atomic E-state index is 12.4. The van der Waals surface area contributed by atoms with Crippen molar-refractivity contribution in [3.63, 3.8) is 0 Å². The second-order valence-corrected chi connectivity index (χ2v) is 5.44. The summed E-state index contributed by atoms with van der Waals surface area (Å²) in [7, 11) is 0. The number of amides is 3. The number of carbonyl (C=O) groups excluding carboxylic acids is 2. The highest BCUT2D eigenvalue weighted by molar-refractivity contribution is 6.05. The molecule has 1 aliphatic heterocycles. The molecule has 6 nitrogen and oxygen atoms in total. The number of ether oxygens (including phenoxy) is 1. The summed E-state index contributed by atoms with van der Waals surface area (Å²) in [6, 6.07) is 12.2. The average molecular weight is 325 g/mol. The second kappa shape index (κ2) is 7.04. The first kappa shape index (κ1) is 15.9. The Hall–Kier alpha value is -3.02. The number of urea groups is 1. The molecule has 3 amide bonds. The van der Waals surface area contributed by atoms with Gasteiger partial charge in [0.15, 0.2) is 0 Å². The number of hydrogen-bond donors (Lipinski definition) is 3. The van der Waals surface area contributed by atoms with Crippen molar-refractivity contribution >= 4 is 23.3 Å². The van der Waals surface area contributed by atoms with Crippen LogP contribution in [0.5, 0.6) is 5.75 Å². The highest BCUT2D eigenvalue weighted by atomic mass is 16.5. The number of rotatable bonds is 4. The molecule has 1 heterocycles. The molecule has 0 unspecified atom stereocenters. The Labute approximate surface area is 140 Å². The van der Waals surface area contributed by atoms with Crippen molar-refractivity contribution in [2.24, 2.45) is 0 Å². The normalized spacial score (nSPS) is 12.0. The molecule has 0 aromatic heterocycles. The van der Waals surface area contributed by atoms with Gasteiger partial charge >= 0.3 is 6.03 Å². The summed E-state index contributed by atoms with van der Waals surface area (Å²) in [6.07, 6.45) is 0.822. The quantitative estimate of drug-likeness (QED) is 0.808. The van der Waals surface area contributed by atoms with Gasteiger partial charge in [0.05, 0.1) is 6.61 Å². The van der Waals surface area contributed by atoms with Gasteiger partial charge in [-0.3, -0.25) is 4.79 Å². The number of hydrogen-bond acceptors (Lipinski definition) is 3. The number of nitrogens with one attached hydrogen (secondary N) is 3. The molecule has 0 spiro atoms. The highest BCUT2D eigenvalue weighted by Crippen LogP contribution is 2.26. The maximum Gasteiger partial charge on any atom is 0.319 e. The molecule has 0 bridgehead atoms. The molecule has 24 heavy (non-hydrogen) atoms. The standard InChI is InChI=1S/C18H19N3O3/c1-2-19-18(23)21-15-5-3-4-14(11-15)20-17(22)13-6-7-16-12(10-13)8-9-24-16/h3-7,10-11H,2,8-9H2,1H3,(H,20,22)(H2,19,21,23). The van der Waals surface area contributed by atoms with Crippen LogP contribution in [0.25, 0.3) is 0 Å². The van der Waals surface area contributed by atoms with E-state index in [1.54, 1.807) is 30.3 Å². The Morgan fingerprint density at radius 1 is 1.08 bits per heavy atom. The van der Waals surface area contributed by atoms with Crippen molar-refractivity contribution in [3.8, 4) is 5.75 Å². The maximum atomic E-state index is 12.4. The molecular formula is C18H19N3O3. The molecule has 3 rings (SSSR count). The summed E-state index contributed by atoms with van der Waals surface area (Å²) < 4.78 is 5.45. The molecule has 0 saturated carbocycles. The van der Waals surface area contributed by atoms with Crippen LogP contribution in [-0.4, -0.2) is 25.1 Å². The van der Waals surface area contributed by atoms with Crippen molar-refractivity contribution in [1.82, 2.24) is 5.32 Å². The lowest BCUT2D eigenvalue weighted by molar-refractivity contribution is 0.102. The van der Waals surface area contributed by atoms with Gasteiger partial charge in [0, 0.05) is 29.9 Å². The first-order valence-electron chi connectivity index (χ1n) is 7.87. The van der Waals surface area contributed by atoms with Crippen LogP contribution >= 0.6 is 0 Å². The van der Waals surface area contributed by atoms with Crippen molar-refractivity contribution < 1.29 is 14.3 Å². The number of anilines is 2. The number of carbonyl (C=O) groups is 2. The van der Waals surface area contributed by atoms with Crippen molar-refractivity contribution in [2.75, 3.05) is 23.8 Å². The molecule has 0 aliphatic carbocycles. The predicted octanol–water partition coefficient (Wildman–Crippen LogP) is 3.02. The van der Waals surface area contributed by atoms with Gasteiger partial charge in [-0.05, 0) is 48.9 Å². The Bertz CT molecular complexity index is 774. The van der Waals surface area contributed by atoms with Gasteiger partial charge in [-0.2, -0.15) is 0 Å². The molecule has 3 N–H and O–H groups in total. The van der Waals surface area contributed by atoms with Crippen LogP contribution in [0.1, 0.15) is 22.8 Å². The first-order chi connectivity index (χ1) is 11.7. The van der Waals surface area contributed by atoms with E-state index in [4.69, 9.17) is 4.74 Å². The fourth-order valence-corrected chi connectivity index (χ4v) is 2.54. The van der Waals surface area contributed by atoms with E-state index >= 15 is 0 Å². The van der Waals surface area contributed by atoms with Gasteiger partial charge < -0.3 is 20.7 Å². The third-order valence-corrected chi connectivity index (χ3v) is 3.67. The van der Waals surface area contributed by atoms with Gasteiger partial charge in [-0.1, -0.05) is 6.07 Å². The number of fused-ring (bicyclic) bond motifs is 1. The summed E-state index contributed by atoms with van der Waals surface area (Å²) in [6.45, 7) is 3.05. The Morgan fingerprint density at radius 2 is 1.88 bits per heavy atom. The topological polar surface area (TPSA) is 79.5 Å². The van der Waals surface area contributed by atoms with Gasteiger partial charge in [0.2, 0.25) is 0 Å². The smallest absolute Gasteiger partial charge is 0.319 e. The highest BCUT2D eigenvalue weighted by Gasteiger charge is 2.15. The average Bonchev–Trinajstić information content (AvgIpc) is 3.03. The van der Waals surface area contributed by atoms with Crippen LogP contribution in [0.15, 0.2) is 42.5 Å². The SMILES string of the molecule is CCNC(=O)Nc1cccc(NC(=O)c2ccc3c(c2)CCO3)c1. The minimum Gasteiger partial charge on any atom is -0.493 e. The molecule has 0 saturated heterocycles. The van der Waals surface area contributed by atoms with Crippen molar-refractivity contribution in [2.45, 2.75) is 13.3 Å². The van der Waals surface area contributed by atoms with Crippen LogP contribution in [0.4, 0.5) is 16.2 Å². The molecule has 0 radical (unpaired) electrons. The lowest BCUT2D eigenvalue weighted by Crippen LogP contribution is -2.28. The second-order valence-electron chi connectivity index (χ2n) is 5.44. The van der Waals surface area contributed by atoms with E-state index in [0.717, 1.165) is 17.7 Å². The van der Waals surface area contributed by atoms with E-state index in [0.29, 0.717) is 30.1 Å². The number of benzene rings is 2. The summed E-state index contributed by atoms with van der Waals surface area (Å²) in [4.78, 5) is 24.0. The fraction of sp³-hybridized carbons (Fsp3) is 0.222. The monoisotopic (exact) mass is 325 g/mol. The molecule has 1 aliphatic rings. The first-order valence-corrected chi connectivity index (χ1v) is 7.87. The molecule has 124 valence electrons.